The highest BCUT2D eigenvalue weighted by Gasteiger charge is 2.09. The lowest BCUT2D eigenvalue weighted by atomic mass is 10.1. The van der Waals surface area contributed by atoms with Gasteiger partial charge in [0.05, 0.1) is 5.56 Å². The number of carbonyl (C=O) groups excluding carboxylic acids is 1. The summed E-state index contributed by atoms with van der Waals surface area (Å²) in [5.74, 6) is 0.220. The van der Waals surface area contributed by atoms with Gasteiger partial charge < -0.3 is 10.6 Å². The molecule has 0 saturated heterocycles. The highest BCUT2D eigenvalue weighted by molar-refractivity contribution is 6.04. The highest BCUT2D eigenvalue weighted by Crippen LogP contribution is 2.17. The van der Waals surface area contributed by atoms with E-state index in [9.17, 15) is 4.79 Å². The summed E-state index contributed by atoms with van der Waals surface area (Å²) in [6, 6.07) is 15.5. The topological polar surface area (TPSA) is 66.9 Å². The van der Waals surface area contributed by atoms with E-state index in [1.54, 1.807) is 0 Å². The van der Waals surface area contributed by atoms with E-state index in [0.29, 0.717) is 11.5 Å². The van der Waals surface area contributed by atoms with Crippen LogP contribution in [0.1, 0.15) is 21.5 Å². The Morgan fingerprint density at radius 2 is 1.67 bits per heavy atom. The van der Waals surface area contributed by atoms with Crippen LogP contribution in [0, 0.1) is 13.8 Å². The molecule has 1 aromatic heterocycles. The van der Waals surface area contributed by atoms with Crippen molar-refractivity contribution in [1.29, 1.82) is 0 Å². The number of benzene rings is 2. The third kappa shape index (κ3) is 3.76. The van der Waals surface area contributed by atoms with Crippen LogP contribution in [0.5, 0.6) is 0 Å². The van der Waals surface area contributed by atoms with Crippen molar-refractivity contribution in [2.24, 2.45) is 0 Å². The van der Waals surface area contributed by atoms with E-state index < -0.39 is 0 Å². The summed E-state index contributed by atoms with van der Waals surface area (Å²) >= 11 is 0. The second kappa shape index (κ2) is 6.91. The van der Waals surface area contributed by atoms with Crippen molar-refractivity contribution in [3.8, 4) is 0 Å². The molecule has 3 aromatic rings. The molecule has 3 rings (SSSR count). The van der Waals surface area contributed by atoms with Crippen LogP contribution in [0.15, 0.2) is 60.9 Å². The van der Waals surface area contributed by atoms with E-state index in [-0.39, 0.29) is 5.91 Å². The Hall–Kier alpha value is -3.21. The Kier molecular flexibility index (Phi) is 4.52. The number of aromatic nitrogens is 2. The van der Waals surface area contributed by atoms with Gasteiger partial charge in [-0.3, -0.25) is 4.79 Å². The molecule has 0 aliphatic carbocycles. The summed E-state index contributed by atoms with van der Waals surface area (Å²) in [6.07, 6.45) is 3.02. The van der Waals surface area contributed by atoms with Crippen LogP contribution < -0.4 is 10.6 Å². The van der Waals surface area contributed by atoms with E-state index >= 15 is 0 Å². The molecule has 0 saturated carbocycles. The summed E-state index contributed by atoms with van der Waals surface area (Å²) in [5.41, 5.74) is 4.27. The molecule has 2 aromatic carbocycles. The van der Waals surface area contributed by atoms with Gasteiger partial charge in [0.1, 0.15) is 0 Å². The van der Waals surface area contributed by atoms with Crippen molar-refractivity contribution in [2.75, 3.05) is 10.6 Å². The van der Waals surface area contributed by atoms with Crippen molar-refractivity contribution in [3.05, 3.63) is 77.6 Å². The molecule has 0 radical (unpaired) electrons. The molecule has 120 valence electrons. The number of aryl methyl sites for hydroxylation is 2. The molecule has 0 atom stereocenters. The van der Waals surface area contributed by atoms with Gasteiger partial charge in [-0.1, -0.05) is 35.9 Å². The number of anilines is 3. The fraction of sp³-hybridized carbons (Fsp3) is 0.105. The number of amides is 1. The first-order valence-corrected chi connectivity index (χ1v) is 7.64. The van der Waals surface area contributed by atoms with Gasteiger partial charge in [0, 0.05) is 23.8 Å². The fourth-order valence-corrected chi connectivity index (χ4v) is 2.31. The molecule has 2 N–H and O–H groups in total. The van der Waals surface area contributed by atoms with Crippen molar-refractivity contribution in [1.82, 2.24) is 9.97 Å². The minimum absolute atomic E-state index is 0.229. The van der Waals surface area contributed by atoms with E-state index in [0.717, 1.165) is 22.5 Å². The maximum atomic E-state index is 12.3. The second-order valence-electron chi connectivity index (χ2n) is 5.56. The monoisotopic (exact) mass is 318 g/mol. The van der Waals surface area contributed by atoms with E-state index in [2.05, 4.69) is 20.6 Å². The molecule has 1 heterocycles. The van der Waals surface area contributed by atoms with Gasteiger partial charge in [0.15, 0.2) is 0 Å². The smallest absolute Gasteiger partial charge is 0.258 e. The summed E-state index contributed by atoms with van der Waals surface area (Å²) in [6.45, 7) is 3.98. The molecule has 0 bridgehead atoms. The normalized spacial score (nSPS) is 10.2. The van der Waals surface area contributed by atoms with Gasteiger partial charge in [0.2, 0.25) is 5.95 Å². The SMILES string of the molecule is Cc1ccc(NC(=O)c2cnc(Nc3ccccc3)nc2)c(C)c1. The molecule has 24 heavy (non-hydrogen) atoms. The lowest BCUT2D eigenvalue weighted by Crippen LogP contribution is -2.14. The van der Waals surface area contributed by atoms with Crippen molar-refractivity contribution >= 4 is 23.2 Å². The predicted molar refractivity (Wildman–Crippen MR) is 95.6 cm³/mol. The first-order chi connectivity index (χ1) is 11.6. The second-order valence-corrected chi connectivity index (χ2v) is 5.56. The molecule has 0 unspecified atom stereocenters. The quantitative estimate of drug-likeness (QED) is 0.760. The van der Waals surface area contributed by atoms with Gasteiger partial charge in [-0.05, 0) is 37.6 Å². The zero-order valence-electron chi connectivity index (χ0n) is 13.6. The largest absolute Gasteiger partial charge is 0.324 e. The predicted octanol–water partition coefficient (Wildman–Crippen LogP) is 4.09. The van der Waals surface area contributed by atoms with Crippen molar-refractivity contribution in [2.45, 2.75) is 13.8 Å². The summed E-state index contributed by atoms with van der Waals surface area (Å²) in [5, 5.41) is 5.96. The average Bonchev–Trinajstić information content (AvgIpc) is 2.59. The Morgan fingerprint density at radius 1 is 0.958 bits per heavy atom. The summed E-state index contributed by atoms with van der Waals surface area (Å²) in [7, 11) is 0. The maximum absolute atomic E-state index is 12.3. The first kappa shape index (κ1) is 15.7. The number of hydrogen-bond acceptors (Lipinski definition) is 4. The average molecular weight is 318 g/mol. The van der Waals surface area contributed by atoms with Crippen LogP contribution >= 0.6 is 0 Å². The number of nitrogens with zero attached hydrogens (tertiary/aromatic N) is 2. The molecule has 0 aliphatic heterocycles. The number of rotatable bonds is 4. The highest BCUT2D eigenvalue weighted by atomic mass is 16.1. The third-order valence-corrected chi connectivity index (χ3v) is 3.57. The van der Waals surface area contributed by atoms with Gasteiger partial charge in [-0.25, -0.2) is 9.97 Å². The van der Waals surface area contributed by atoms with E-state index in [1.807, 2.05) is 62.4 Å². The van der Waals surface area contributed by atoms with Crippen LogP contribution in [0.3, 0.4) is 0 Å². The minimum Gasteiger partial charge on any atom is -0.324 e. The van der Waals surface area contributed by atoms with E-state index in [1.165, 1.54) is 12.4 Å². The Morgan fingerprint density at radius 3 is 2.33 bits per heavy atom. The lowest BCUT2D eigenvalue weighted by molar-refractivity contribution is 0.102. The molecule has 0 aliphatic rings. The first-order valence-electron chi connectivity index (χ1n) is 7.64. The molecule has 5 nitrogen and oxygen atoms in total. The molecule has 5 heteroatoms. The zero-order chi connectivity index (χ0) is 16.9. The van der Waals surface area contributed by atoms with Gasteiger partial charge >= 0.3 is 0 Å². The number of carbonyl (C=O) groups is 1. The third-order valence-electron chi connectivity index (χ3n) is 3.57. The Bertz CT molecular complexity index is 845. The Balaban J connectivity index is 1.69. The number of para-hydroxylation sites is 1. The molecule has 0 fully saturated rings. The molecular formula is C19H18N4O. The van der Waals surface area contributed by atoms with Crippen LogP contribution in [0.2, 0.25) is 0 Å². The minimum atomic E-state index is -0.229. The van der Waals surface area contributed by atoms with Gasteiger partial charge in [-0.2, -0.15) is 0 Å². The fourth-order valence-electron chi connectivity index (χ4n) is 2.31. The maximum Gasteiger partial charge on any atom is 0.258 e. The van der Waals surface area contributed by atoms with Crippen LogP contribution in [0.25, 0.3) is 0 Å². The number of nitrogens with one attached hydrogen (secondary N) is 2. The summed E-state index contributed by atoms with van der Waals surface area (Å²) < 4.78 is 0. The van der Waals surface area contributed by atoms with Gasteiger partial charge in [-0.15, -0.1) is 0 Å². The lowest BCUT2D eigenvalue weighted by Gasteiger charge is -2.09. The molecule has 1 amide bonds. The molecule has 0 spiro atoms. The van der Waals surface area contributed by atoms with Crippen LogP contribution in [-0.2, 0) is 0 Å². The summed E-state index contributed by atoms with van der Waals surface area (Å²) in [4.78, 5) is 20.7. The van der Waals surface area contributed by atoms with Crippen LogP contribution in [0.4, 0.5) is 17.3 Å². The zero-order valence-corrected chi connectivity index (χ0v) is 13.6. The Labute approximate surface area is 140 Å². The number of hydrogen-bond donors (Lipinski definition) is 2. The van der Waals surface area contributed by atoms with Crippen molar-refractivity contribution < 1.29 is 4.79 Å². The van der Waals surface area contributed by atoms with Crippen molar-refractivity contribution in [3.63, 3.8) is 0 Å². The standard InChI is InChI=1S/C19H18N4O/c1-13-8-9-17(14(2)10-13)23-18(24)15-11-20-19(21-12-15)22-16-6-4-3-5-7-16/h3-12H,1-2H3,(H,23,24)(H,20,21,22). The van der Waals surface area contributed by atoms with Crippen LogP contribution in [-0.4, -0.2) is 15.9 Å². The van der Waals surface area contributed by atoms with E-state index in [4.69, 9.17) is 0 Å². The molecular weight excluding hydrogens is 300 g/mol. The van der Waals surface area contributed by atoms with Gasteiger partial charge in [0.25, 0.3) is 5.91 Å².